The largest absolute Gasteiger partial charge is 0.303 e. The summed E-state index contributed by atoms with van der Waals surface area (Å²) in [4.78, 5) is 0. The van der Waals surface area contributed by atoms with E-state index in [0.717, 1.165) is 5.03 Å². The first-order valence-corrected chi connectivity index (χ1v) is 4.90. The zero-order valence-electron chi connectivity index (χ0n) is 5.17. The van der Waals surface area contributed by atoms with Crippen LogP contribution in [0.2, 0.25) is 0 Å². The Labute approximate surface area is 72.0 Å². The van der Waals surface area contributed by atoms with E-state index in [-0.39, 0.29) is 0 Å². The van der Waals surface area contributed by atoms with Gasteiger partial charge in [0.25, 0.3) is 0 Å². The zero-order chi connectivity index (χ0) is 7.56. The molecule has 0 bridgehead atoms. The Morgan fingerprint density at radius 1 is 1.80 bits per heavy atom. The molecule has 10 heavy (non-hydrogen) atoms. The van der Waals surface area contributed by atoms with Gasteiger partial charge in [-0.1, -0.05) is 12.2 Å². The predicted octanol–water partition coefficient (Wildman–Crippen LogP) is 2.40. The van der Waals surface area contributed by atoms with Crippen LogP contribution < -0.4 is 0 Å². The molecule has 0 unspecified atom stereocenters. The van der Waals surface area contributed by atoms with Crippen molar-refractivity contribution in [3.8, 4) is 6.07 Å². The second-order valence-electron chi connectivity index (χ2n) is 1.51. The van der Waals surface area contributed by atoms with E-state index in [9.17, 15) is 0 Å². The summed E-state index contributed by atoms with van der Waals surface area (Å²) < 4.78 is 3.60. The molecule has 0 radical (unpaired) electrons. The summed E-state index contributed by atoms with van der Waals surface area (Å²) in [6, 6.07) is 2.05. The van der Waals surface area contributed by atoms with Crippen LogP contribution in [0.25, 0.3) is 0 Å². The van der Waals surface area contributed by atoms with Gasteiger partial charge in [-0.3, -0.25) is 0 Å². The molecule has 0 atom stereocenters. The molecular formula is C5H4N2S3. The van der Waals surface area contributed by atoms with Gasteiger partial charge in [0.05, 0.1) is 0 Å². The first kappa shape index (κ1) is 7.79. The number of hydrogen-bond donors (Lipinski definition) is 1. The zero-order valence-corrected chi connectivity index (χ0v) is 7.62. The number of H-pyrrole nitrogens is 1. The number of nitrogens with one attached hydrogen (secondary N) is 1. The van der Waals surface area contributed by atoms with Gasteiger partial charge in [-0.2, -0.15) is 5.26 Å². The van der Waals surface area contributed by atoms with E-state index in [4.69, 9.17) is 17.5 Å². The lowest BCUT2D eigenvalue weighted by Crippen LogP contribution is -1.72. The summed E-state index contributed by atoms with van der Waals surface area (Å²) in [5, 5.41) is 9.45. The maximum Gasteiger partial charge on any atom is 0.127 e. The SMILES string of the molecule is CSc1[nH]sc(=S)c1C#N. The summed E-state index contributed by atoms with van der Waals surface area (Å²) >= 11 is 7.72. The molecular weight excluding hydrogens is 184 g/mol. The Hall–Kier alpha value is -0.310. The summed E-state index contributed by atoms with van der Waals surface area (Å²) in [5.41, 5.74) is 0.604. The molecule has 1 aromatic heterocycles. The first-order chi connectivity index (χ1) is 4.79. The van der Waals surface area contributed by atoms with Crippen LogP contribution in [-0.2, 0) is 0 Å². The third-order valence-corrected chi connectivity index (χ3v) is 2.98. The van der Waals surface area contributed by atoms with Gasteiger partial charge in [-0.25, -0.2) is 0 Å². The van der Waals surface area contributed by atoms with Crippen LogP contribution >= 0.6 is 35.5 Å². The van der Waals surface area contributed by atoms with Gasteiger partial charge in [0.1, 0.15) is 20.5 Å². The van der Waals surface area contributed by atoms with Crippen LogP contribution in [0.5, 0.6) is 0 Å². The summed E-state index contributed by atoms with van der Waals surface area (Å²) in [6.45, 7) is 0. The summed E-state index contributed by atoms with van der Waals surface area (Å²) in [6.07, 6.45) is 1.91. The predicted molar refractivity (Wildman–Crippen MR) is 46.0 cm³/mol. The van der Waals surface area contributed by atoms with Gasteiger partial charge in [-0.15, -0.1) is 11.8 Å². The Morgan fingerprint density at radius 2 is 2.50 bits per heavy atom. The van der Waals surface area contributed by atoms with Crippen molar-refractivity contribution < 1.29 is 0 Å². The van der Waals surface area contributed by atoms with E-state index in [1.54, 1.807) is 0 Å². The quantitative estimate of drug-likeness (QED) is 0.543. The molecule has 0 saturated carbocycles. The minimum atomic E-state index is 0.604. The number of thioether (sulfide) groups is 1. The van der Waals surface area contributed by atoms with Crippen molar-refractivity contribution >= 4 is 35.5 Å². The normalized spacial score (nSPS) is 9.20. The Balaban J connectivity index is 3.30. The van der Waals surface area contributed by atoms with E-state index in [1.807, 2.05) is 12.3 Å². The molecule has 0 amide bonds. The maximum atomic E-state index is 8.58. The highest BCUT2D eigenvalue weighted by Crippen LogP contribution is 2.21. The lowest BCUT2D eigenvalue weighted by Gasteiger charge is -1.85. The minimum absolute atomic E-state index is 0.604. The molecule has 0 aliphatic rings. The Morgan fingerprint density at radius 3 is 2.90 bits per heavy atom. The number of aromatic nitrogens is 1. The van der Waals surface area contributed by atoms with Crippen LogP contribution in [0.15, 0.2) is 5.03 Å². The van der Waals surface area contributed by atoms with Crippen molar-refractivity contribution in [2.45, 2.75) is 5.03 Å². The van der Waals surface area contributed by atoms with Crippen LogP contribution in [-0.4, -0.2) is 10.6 Å². The van der Waals surface area contributed by atoms with Crippen molar-refractivity contribution in [2.75, 3.05) is 6.26 Å². The standard InChI is InChI=1S/C5H4N2S3/c1-9-4-3(2-6)5(8)10-7-4/h7H,1H3. The molecule has 0 fully saturated rings. The number of aromatic amines is 1. The molecule has 1 aromatic rings. The van der Waals surface area contributed by atoms with Crippen LogP contribution in [0.4, 0.5) is 0 Å². The second kappa shape index (κ2) is 3.19. The van der Waals surface area contributed by atoms with Crippen molar-refractivity contribution in [3.05, 3.63) is 9.39 Å². The van der Waals surface area contributed by atoms with E-state index >= 15 is 0 Å². The second-order valence-corrected chi connectivity index (χ2v) is 3.81. The van der Waals surface area contributed by atoms with Gasteiger partial charge in [-0.05, 0) is 17.8 Å². The maximum absolute atomic E-state index is 8.58. The third-order valence-electron chi connectivity index (χ3n) is 0.984. The van der Waals surface area contributed by atoms with E-state index in [0.29, 0.717) is 9.39 Å². The molecule has 5 heteroatoms. The molecule has 52 valence electrons. The van der Waals surface area contributed by atoms with E-state index in [2.05, 4.69) is 4.37 Å². The van der Waals surface area contributed by atoms with Crippen LogP contribution in [0.1, 0.15) is 5.56 Å². The average molecular weight is 188 g/mol. The number of nitrogens with zero attached hydrogens (tertiary/aromatic N) is 1. The highest BCUT2D eigenvalue weighted by molar-refractivity contribution is 7.98. The van der Waals surface area contributed by atoms with Crippen molar-refractivity contribution in [1.29, 1.82) is 5.26 Å². The monoisotopic (exact) mass is 188 g/mol. The third kappa shape index (κ3) is 1.24. The smallest absolute Gasteiger partial charge is 0.127 e. The minimum Gasteiger partial charge on any atom is -0.303 e. The number of nitriles is 1. The van der Waals surface area contributed by atoms with Crippen molar-refractivity contribution in [1.82, 2.24) is 4.37 Å². The Bertz CT molecular complexity index is 316. The summed E-state index contributed by atoms with van der Waals surface area (Å²) in [7, 11) is 0. The first-order valence-electron chi connectivity index (χ1n) is 2.45. The molecule has 0 aromatic carbocycles. The summed E-state index contributed by atoms with van der Waals surface area (Å²) in [5.74, 6) is 0. The highest BCUT2D eigenvalue weighted by Gasteiger charge is 2.03. The molecule has 1 heterocycles. The molecule has 0 aliphatic carbocycles. The molecule has 2 nitrogen and oxygen atoms in total. The topological polar surface area (TPSA) is 39.6 Å². The van der Waals surface area contributed by atoms with Gasteiger partial charge < -0.3 is 4.37 Å². The fourth-order valence-electron chi connectivity index (χ4n) is 0.528. The number of hydrogen-bond acceptors (Lipinski definition) is 4. The highest BCUT2D eigenvalue weighted by atomic mass is 32.2. The molecule has 0 saturated heterocycles. The van der Waals surface area contributed by atoms with Crippen LogP contribution in [0, 0.1) is 15.2 Å². The van der Waals surface area contributed by atoms with Gasteiger partial charge in [0, 0.05) is 0 Å². The molecule has 0 spiro atoms. The average Bonchev–Trinajstić information content (AvgIpc) is 2.30. The van der Waals surface area contributed by atoms with E-state index < -0.39 is 0 Å². The van der Waals surface area contributed by atoms with Crippen LogP contribution in [0.3, 0.4) is 0 Å². The Kier molecular flexibility index (Phi) is 2.49. The fraction of sp³-hybridized carbons (Fsp3) is 0.200. The van der Waals surface area contributed by atoms with Gasteiger partial charge >= 0.3 is 0 Å². The van der Waals surface area contributed by atoms with Gasteiger partial charge in [0.15, 0.2) is 0 Å². The van der Waals surface area contributed by atoms with Gasteiger partial charge in [0.2, 0.25) is 0 Å². The molecule has 0 aliphatic heterocycles. The van der Waals surface area contributed by atoms with Crippen molar-refractivity contribution in [3.63, 3.8) is 0 Å². The van der Waals surface area contributed by atoms with E-state index in [1.165, 1.54) is 23.3 Å². The fourth-order valence-corrected chi connectivity index (χ4v) is 2.28. The molecule has 1 rings (SSSR count). The number of rotatable bonds is 1. The van der Waals surface area contributed by atoms with Crippen molar-refractivity contribution in [2.24, 2.45) is 0 Å². The molecule has 1 N–H and O–H groups in total. The lowest BCUT2D eigenvalue weighted by atomic mass is 10.4. The lowest BCUT2D eigenvalue weighted by molar-refractivity contribution is 1.26.